The van der Waals surface area contributed by atoms with Crippen molar-refractivity contribution in [1.82, 2.24) is 30.0 Å². The van der Waals surface area contributed by atoms with Crippen molar-refractivity contribution < 1.29 is 4.79 Å². The van der Waals surface area contributed by atoms with Crippen molar-refractivity contribution in [3.63, 3.8) is 0 Å². The minimum atomic E-state index is -0.415. The van der Waals surface area contributed by atoms with Crippen LogP contribution in [0.4, 0.5) is 10.6 Å². The van der Waals surface area contributed by atoms with E-state index in [1.807, 2.05) is 12.1 Å². The maximum Gasteiger partial charge on any atom is 0.354 e. The highest BCUT2D eigenvalue weighted by Gasteiger charge is 2.24. The van der Waals surface area contributed by atoms with Crippen LogP contribution in [-0.2, 0) is 6.54 Å². The van der Waals surface area contributed by atoms with E-state index in [-0.39, 0.29) is 11.8 Å². The lowest BCUT2D eigenvalue weighted by molar-refractivity contribution is 0.144. The zero-order valence-corrected chi connectivity index (χ0v) is 20.3. The third kappa shape index (κ3) is 6.02. The van der Waals surface area contributed by atoms with E-state index in [0.717, 1.165) is 31.9 Å². The predicted octanol–water partition coefficient (Wildman–Crippen LogP) is 2.02. The van der Waals surface area contributed by atoms with Gasteiger partial charge in [0.15, 0.2) is 0 Å². The molecule has 2 heterocycles. The highest BCUT2D eigenvalue weighted by Crippen LogP contribution is 2.24. The molecule has 1 aromatic heterocycles. The third-order valence-electron chi connectivity index (χ3n) is 7.07. The number of hydrogen-bond acceptors (Lipinski definition) is 6. The molecule has 1 saturated carbocycles. The number of carbonyl (C=O) groups is 1. The molecular formula is C25H37N7O2. The van der Waals surface area contributed by atoms with E-state index in [4.69, 9.17) is 0 Å². The second-order valence-corrected chi connectivity index (χ2v) is 9.16. The lowest BCUT2D eigenvalue weighted by Gasteiger charge is -2.36. The molecule has 0 atom stereocenters. The van der Waals surface area contributed by atoms with Crippen LogP contribution in [0.1, 0.15) is 38.2 Å². The summed E-state index contributed by atoms with van der Waals surface area (Å²) in [4.78, 5) is 33.3. The van der Waals surface area contributed by atoms with Gasteiger partial charge in [0, 0.05) is 51.0 Å². The molecule has 0 bridgehead atoms. The maximum absolute atomic E-state index is 12.6. The van der Waals surface area contributed by atoms with Gasteiger partial charge in [-0.1, -0.05) is 19.1 Å². The standard InChI is InChI=1S/C25H37N7O2/c1-3-30(21-10-6-20(26-2)7-11-21)18-19-4-8-22(9-5-19)32-15-12-23(29-25(32)34)28-24(33)31-16-13-27-14-17-31/h4-5,8-9,12,15,20-21,26-27H,3,6-7,10-11,13-14,16-18H2,1-2H3,(H,28,29,33,34). The van der Waals surface area contributed by atoms with Gasteiger partial charge < -0.3 is 15.5 Å². The molecule has 184 valence electrons. The number of rotatable bonds is 7. The highest BCUT2D eigenvalue weighted by molar-refractivity contribution is 5.88. The quantitative estimate of drug-likeness (QED) is 0.577. The Morgan fingerprint density at radius 2 is 1.82 bits per heavy atom. The van der Waals surface area contributed by atoms with E-state index < -0.39 is 5.69 Å². The van der Waals surface area contributed by atoms with Crippen LogP contribution in [0.15, 0.2) is 41.3 Å². The van der Waals surface area contributed by atoms with Gasteiger partial charge in [-0.05, 0) is 63.0 Å². The van der Waals surface area contributed by atoms with Crippen molar-refractivity contribution in [3.05, 3.63) is 52.6 Å². The average molecular weight is 468 g/mol. The monoisotopic (exact) mass is 467 g/mol. The number of aromatic nitrogens is 2. The summed E-state index contributed by atoms with van der Waals surface area (Å²) in [5, 5.41) is 9.35. The Balaban J connectivity index is 1.37. The van der Waals surface area contributed by atoms with Crippen molar-refractivity contribution in [2.75, 3.05) is 45.1 Å². The van der Waals surface area contributed by atoms with Crippen LogP contribution in [0, 0.1) is 0 Å². The van der Waals surface area contributed by atoms with Gasteiger partial charge in [0.25, 0.3) is 0 Å². The molecule has 1 aliphatic carbocycles. The van der Waals surface area contributed by atoms with Crippen molar-refractivity contribution in [1.29, 1.82) is 0 Å². The molecule has 2 fully saturated rings. The zero-order valence-electron chi connectivity index (χ0n) is 20.3. The summed E-state index contributed by atoms with van der Waals surface area (Å²) in [6.45, 7) is 6.99. The van der Waals surface area contributed by atoms with Crippen molar-refractivity contribution in [3.8, 4) is 5.69 Å². The van der Waals surface area contributed by atoms with E-state index in [0.29, 0.717) is 25.2 Å². The average Bonchev–Trinajstić information content (AvgIpc) is 2.88. The number of anilines is 1. The molecule has 0 spiro atoms. The molecule has 2 aromatic rings. The first kappa shape index (κ1) is 24.4. The zero-order chi connectivity index (χ0) is 23.9. The fraction of sp³-hybridized carbons (Fsp3) is 0.560. The first-order valence-corrected chi connectivity index (χ1v) is 12.4. The van der Waals surface area contributed by atoms with Gasteiger partial charge in [0.2, 0.25) is 0 Å². The molecular weight excluding hydrogens is 430 g/mol. The molecule has 0 radical (unpaired) electrons. The minimum Gasteiger partial charge on any atom is -0.322 e. The number of urea groups is 1. The molecule has 9 nitrogen and oxygen atoms in total. The second kappa shape index (κ2) is 11.6. The van der Waals surface area contributed by atoms with Gasteiger partial charge in [0.1, 0.15) is 5.82 Å². The van der Waals surface area contributed by atoms with Crippen molar-refractivity contribution >= 4 is 11.8 Å². The Hall–Kier alpha value is -2.75. The summed E-state index contributed by atoms with van der Waals surface area (Å²) < 4.78 is 1.50. The SMILES string of the molecule is CCN(Cc1ccc(-n2ccc(NC(=O)N3CCNCC3)nc2=O)cc1)C1CCC(NC)CC1. The Labute approximate surface area is 201 Å². The molecule has 9 heteroatoms. The third-order valence-corrected chi connectivity index (χ3v) is 7.07. The summed E-state index contributed by atoms with van der Waals surface area (Å²) >= 11 is 0. The second-order valence-electron chi connectivity index (χ2n) is 9.16. The predicted molar refractivity (Wildman–Crippen MR) is 134 cm³/mol. The molecule has 3 N–H and O–H groups in total. The van der Waals surface area contributed by atoms with Crippen LogP contribution in [0.25, 0.3) is 5.69 Å². The lowest BCUT2D eigenvalue weighted by Crippen LogP contribution is -2.48. The summed E-state index contributed by atoms with van der Waals surface area (Å²) in [6, 6.07) is 10.8. The van der Waals surface area contributed by atoms with Crippen molar-refractivity contribution in [2.24, 2.45) is 0 Å². The number of amides is 2. The molecule has 2 amide bonds. The normalized spacial score (nSPS) is 21.0. The van der Waals surface area contributed by atoms with Gasteiger partial charge in [-0.25, -0.2) is 9.59 Å². The smallest absolute Gasteiger partial charge is 0.322 e. The van der Waals surface area contributed by atoms with Crippen molar-refractivity contribution in [2.45, 2.75) is 51.2 Å². The van der Waals surface area contributed by atoms with Gasteiger partial charge >= 0.3 is 11.7 Å². The fourth-order valence-corrected chi connectivity index (χ4v) is 4.95. The van der Waals surface area contributed by atoms with E-state index in [2.05, 4.69) is 51.9 Å². The topological polar surface area (TPSA) is 94.5 Å². The number of benzene rings is 1. The number of nitrogens with one attached hydrogen (secondary N) is 3. The highest BCUT2D eigenvalue weighted by atomic mass is 16.2. The van der Waals surface area contributed by atoms with Crippen LogP contribution in [0.3, 0.4) is 0 Å². The van der Waals surface area contributed by atoms with Crippen LogP contribution < -0.4 is 21.6 Å². The lowest BCUT2D eigenvalue weighted by atomic mass is 9.90. The summed E-state index contributed by atoms with van der Waals surface area (Å²) in [7, 11) is 2.06. The largest absolute Gasteiger partial charge is 0.354 e. The van der Waals surface area contributed by atoms with Gasteiger partial charge in [-0.15, -0.1) is 0 Å². The first-order chi connectivity index (χ1) is 16.6. The molecule has 1 saturated heterocycles. The number of hydrogen-bond donors (Lipinski definition) is 3. The number of piperazine rings is 1. The Kier molecular flexibility index (Phi) is 8.31. The number of nitrogens with zero attached hydrogens (tertiary/aromatic N) is 4. The van der Waals surface area contributed by atoms with E-state index in [1.165, 1.54) is 35.8 Å². The number of carbonyl (C=O) groups excluding carboxylic acids is 1. The molecule has 34 heavy (non-hydrogen) atoms. The molecule has 1 aliphatic heterocycles. The Bertz CT molecular complexity index is 993. The molecule has 2 aliphatic rings. The van der Waals surface area contributed by atoms with Gasteiger partial charge in [-0.3, -0.25) is 14.8 Å². The summed E-state index contributed by atoms with van der Waals surface area (Å²) in [5.41, 5.74) is 1.59. The van der Waals surface area contributed by atoms with Crippen LogP contribution >= 0.6 is 0 Å². The van der Waals surface area contributed by atoms with Gasteiger partial charge in [-0.2, -0.15) is 4.98 Å². The summed E-state index contributed by atoms with van der Waals surface area (Å²) in [6.07, 6.45) is 6.60. The first-order valence-electron chi connectivity index (χ1n) is 12.4. The maximum atomic E-state index is 12.6. The summed E-state index contributed by atoms with van der Waals surface area (Å²) in [5.74, 6) is 0.271. The molecule has 1 aromatic carbocycles. The van der Waals surface area contributed by atoms with Gasteiger partial charge in [0.05, 0.1) is 5.69 Å². The Morgan fingerprint density at radius 3 is 2.44 bits per heavy atom. The van der Waals surface area contributed by atoms with E-state index >= 15 is 0 Å². The minimum absolute atomic E-state index is 0.226. The van der Waals surface area contributed by atoms with Crippen LogP contribution in [0.5, 0.6) is 0 Å². The van der Waals surface area contributed by atoms with Crippen LogP contribution in [0.2, 0.25) is 0 Å². The van der Waals surface area contributed by atoms with Crippen LogP contribution in [-0.4, -0.2) is 77.2 Å². The van der Waals surface area contributed by atoms with E-state index in [9.17, 15) is 9.59 Å². The fourth-order valence-electron chi connectivity index (χ4n) is 4.95. The molecule has 4 rings (SSSR count). The molecule has 0 unspecified atom stereocenters. The van der Waals surface area contributed by atoms with E-state index in [1.54, 1.807) is 17.2 Å². The Morgan fingerprint density at radius 1 is 1.12 bits per heavy atom.